The van der Waals surface area contributed by atoms with Crippen molar-refractivity contribution in [3.63, 3.8) is 0 Å². The molecular weight excluding hydrogens is 284 g/mol. The number of ether oxygens (including phenoxy) is 1. The molecule has 0 aliphatic carbocycles. The zero-order valence-electron chi connectivity index (χ0n) is 10.5. The van der Waals surface area contributed by atoms with Crippen LogP contribution in [0, 0.1) is 12.3 Å². The molecule has 17 heavy (non-hydrogen) atoms. The maximum absolute atomic E-state index is 11.5. The summed E-state index contributed by atoms with van der Waals surface area (Å²) in [6, 6.07) is 3.79. The van der Waals surface area contributed by atoms with E-state index in [9.17, 15) is 4.79 Å². The molecule has 0 spiro atoms. The lowest BCUT2D eigenvalue weighted by atomic mass is 9.94. The zero-order valence-corrected chi connectivity index (χ0v) is 12.1. The number of hydrogen-bond acceptors (Lipinski definition) is 4. The Labute approximate surface area is 110 Å². The predicted molar refractivity (Wildman–Crippen MR) is 71.0 cm³/mol. The van der Waals surface area contributed by atoms with Crippen LogP contribution in [0.2, 0.25) is 0 Å². The molecule has 1 N–H and O–H groups in total. The molecule has 94 valence electrons. The SMILES string of the molecule is COC(=O)C(C)(C)CNc1ccc(Br)c(C)n1. The lowest BCUT2D eigenvalue weighted by molar-refractivity contribution is -0.149. The Balaban J connectivity index is 2.67. The molecule has 1 aromatic heterocycles. The molecule has 4 nitrogen and oxygen atoms in total. The van der Waals surface area contributed by atoms with Crippen molar-refractivity contribution < 1.29 is 9.53 Å². The lowest BCUT2D eigenvalue weighted by Gasteiger charge is -2.22. The van der Waals surface area contributed by atoms with Crippen molar-refractivity contribution in [1.29, 1.82) is 0 Å². The van der Waals surface area contributed by atoms with E-state index in [0.29, 0.717) is 6.54 Å². The Morgan fingerprint density at radius 3 is 2.71 bits per heavy atom. The highest BCUT2D eigenvalue weighted by Crippen LogP contribution is 2.20. The Hall–Kier alpha value is -1.10. The van der Waals surface area contributed by atoms with Crippen LogP contribution in [-0.2, 0) is 9.53 Å². The van der Waals surface area contributed by atoms with Gasteiger partial charge >= 0.3 is 5.97 Å². The van der Waals surface area contributed by atoms with Gasteiger partial charge in [0.15, 0.2) is 0 Å². The second-order valence-corrected chi connectivity index (χ2v) is 5.35. The fourth-order valence-corrected chi connectivity index (χ4v) is 1.52. The Morgan fingerprint density at radius 1 is 1.53 bits per heavy atom. The van der Waals surface area contributed by atoms with E-state index in [1.807, 2.05) is 32.9 Å². The minimum Gasteiger partial charge on any atom is -0.469 e. The number of aromatic nitrogens is 1. The number of aryl methyl sites for hydroxylation is 1. The molecule has 0 radical (unpaired) electrons. The van der Waals surface area contributed by atoms with E-state index in [0.717, 1.165) is 16.0 Å². The minimum absolute atomic E-state index is 0.237. The van der Waals surface area contributed by atoms with Crippen molar-refractivity contribution in [2.24, 2.45) is 5.41 Å². The van der Waals surface area contributed by atoms with Crippen LogP contribution in [0.4, 0.5) is 5.82 Å². The number of hydrogen-bond donors (Lipinski definition) is 1. The number of pyridine rings is 1. The molecule has 0 fully saturated rings. The second-order valence-electron chi connectivity index (χ2n) is 4.49. The van der Waals surface area contributed by atoms with E-state index in [1.165, 1.54) is 7.11 Å². The van der Waals surface area contributed by atoms with E-state index >= 15 is 0 Å². The van der Waals surface area contributed by atoms with Gasteiger partial charge in [-0.05, 0) is 48.8 Å². The van der Waals surface area contributed by atoms with Gasteiger partial charge in [-0.1, -0.05) is 0 Å². The first-order valence-corrected chi connectivity index (χ1v) is 6.11. The largest absolute Gasteiger partial charge is 0.469 e. The highest BCUT2D eigenvalue weighted by molar-refractivity contribution is 9.10. The van der Waals surface area contributed by atoms with Gasteiger partial charge in [-0.3, -0.25) is 4.79 Å². The average Bonchev–Trinajstić information content (AvgIpc) is 2.29. The number of esters is 1. The van der Waals surface area contributed by atoms with Gasteiger partial charge in [0.2, 0.25) is 0 Å². The van der Waals surface area contributed by atoms with Crippen LogP contribution in [0.15, 0.2) is 16.6 Å². The molecule has 0 atom stereocenters. The van der Waals surface area contributed by atoms with Crippen LogP contribution in [0.5, 0.6) is 0 Å². The summed E-state index contributed by atoms with van der Waals surface area (Å²) < 4.78 is 5.71. The number of carbonyl (C=O) groups excluding carboxylic acids is 1. The maximum Gasteiger partial charge on any atom is 0.313 e. The van der Waals surface area contributed by atoms with Crippen LogP contribution in [0.3, 0.4) is 0 Å². The number of nitrogens with zero attached hydrogens (tertiary/aromatic N) is 1. The van der Waals surface area contributed by atoms with Crippen molar-refractivity contribution in [2.75, 3.05) is 19.0 Å². The first-order valence-electron chi connectivity index (χ1n) is 5.32. The van der Waals surface area contributed by atoms with Crippen molar-refractivity contribution in [3.8, 4) is 0 Å². The van der Waals surface area contributed by atoms with Gasteiger partial charge in [-0.25, -0.2) is 4.98 Å². The molecular formula is C12H17BrN2O2. The summed E-state index contributed by atoms with van der Waals surface area (Å²) in [6.45, 7) is 6.06. The summed E-state index contributed by atoms with van der Waals surface area (Å²) in [4.78, 5) is 15.8. The molecule has 0 bridgehead atoms. The third-order valence-electron chi connectivity index (χ3n) is 2.47. The smallest absolute Gasteiger partial charge is 0.313 e. The molecule has 0 amide bonds. The van der Waals surface area contributed by atoms with E-state index < -0.39 is 5.41 Å². The van der Waals surface area contributed by atoms with Crippen molar-refractivity contribution in [1.82, 2.24) is 4.98 Å². The van der Waals surface area contributed by atoms with E-state index in [-0.39, 0.29) is 5.97 Å². The van der Waals surface area contributed by atoms with Gasteiger partial charge < -0.3 is 10.1 Å². The van der Waals surface area contributed by atoms with Crippen LogP contribution in [-0.4, -0.2) is 24.6 Å². The van der Waals surface area contributed by atoms with Crippen molar-refractivity contribution in [3.05, 3.63) is 22.3 Å². The predicted octanol–water partition coefficient (Wildman–Crippen LogP) is 2.76. The number of rotatable bonds is 4. The third kappa shape index (κ3) is 3.70. The summed E-state index contributed by atoms with van der Waals surface area (Å²) in [5, 5.41) is 3.14. The summed E-state index contributed by atoms with van der Waals surface area (Å²) in [5.41, 5.74) is 0.336. The van der Waals surface area contributed by atoms with Crippen LogP contribution in [0.25, 0.3) is 0 Å². The summed E-state index contributed by atoms with van der Waals surface area (Å²) in [5.74, 6) is 0.515. The highest BCUT2D eigenvalue weighted by atomic mass is 79.9. The summed E-state index contributed by atoms with van der Waals surface area (Å²) in [7, 11) is 1.39. The third-order valence-corrected chi connectivity index (χ3v) is 3.31. The Kier molecular flexibility index (Phi) is 4.51. The first-order chi connectivity index (χ1) is 7.86. The summed E-state index contributed by atoms with van der Waals surface area (Å²) in [6.07, 6.45) is 0. The fourth-order valence-electron chi connectivity index (χ4n) is 1.30. The van der Waals surface area contributed by atoms with E-state index in [4.69, 9.17) is 4.74 Å². The lowest BCUT2D eigenvalue weighted by Crippen LogP contribution is -2.33. The van der Waals surface area contributed by atoms with Gasteiger partial charge in [-0.2, -0.15) is 0 Å². The molecule has 1 heterocycles. The number of methoxy groups -OCH3 is 1. The van der Waals surface area contributed by atoms with Gasteiger partial charge in [0, 0.05) is 11.0 Å². The molecule has 0 saturated heterocycles. The minimum atomic E-state index is -0.572. The van der Waals surface area contributed by atoms with Gasteiger partial charge in [0.05, 0.1) is 18.2 Å². The van der Waals surface area contributed by atoms with Crippen molar-refractivity contribution in [2.45, 2.75) is 20.8 Å². The van der Waals surface area contributed by atoms with Crippen LogP contribution >= 0.6 is 15.9 Å². The van der Waals surface area contributed by atoms with E-state index in [1.54, 1.807) is 0 Å². The zero-order chi connectivity index (χ0) is 13.1. The van der Waals surface area contributed by atoms with Crippen LogP contribution in [0.1, 0.15) is 19.5 Å². The van der Waals surface area contributed by atoms with Gasteiger partial charge in [0.25, 0.3) is 0 Å². The number of carbonyl (C=O) groups is 1. The van der Waals surface area contributed by atoms with E-state index in [2.05, 4.69) is 26.2 Å². The molecule has 0 saturated carbocycles. The topological polar surface area (TPSA) is 51.2 Å². The summed E-state index contributed by atoms with van der Waals surface area (Å²) >= 11 is 3.39. The highest BCUT2D eigenvalue weighted by Gasteiger charge is 2.28. The molecule has 0 aromatic carbocycles. The van der Waals surface area contributed by atoms with Gasteiger partial charge in [-0.15, -0.1) is 0 Å². The van der Waals surface area contributed by atoms with Gasteiger partial charge in [0.1, 0.15) is 5.82 Å². The number of anilines is 1. The maximum atomic E-state index is 11.5. The number of nitrogens with one attached hydrogen (secondary N) is 1. The molecule has 5 heteroatoms. The average molecular weight is 301 g/mol. The normalized spacial score (nSPS) is 11.1. The van der Waals surface area contributed by atoms with Crippen molar-refractivity contribution >= 4 is 27.7 Å². The standard InChI is InChI=1S/C12H17BrN2O2/c1-8-9(13)5-6-10(15-8)14-7-12(2,3)11(16)17-4/h5-6H,7H2,1-4H3,(H,14,15). The monoisotopic (exact) mass is 300 g/mol. The first kappa shape index (κ1) is 14.0. The second kappa shape index (κ2) is 5.49. The Morgan fingerprint density at radius 2 is 2.18 bits per heavy atom. The Bertz CT molecular complexity index is 419. The number of halogens is 1. The molecule has 0 aliphatic rings. The fraction of sp³-hybridized carbons (Fsp3) is 0.500. The molecule has 0 unspecified atom stereocenters. The quantitative estimate of drug-likeness (QED) is 0.869. The molecule has 0 aliphatic heterocycles. The van der Waals surface area contributed by atoms with Crippen LogP contribution < -0.4 is 5.32 Å². The molecule has 1 rings (SSSR count). The molecule has 1 aromatic rings.